The van der Waals surface area contributed by atoms with Crippen LogP contribution in [0.25, 0.3) is 10.9 Å². The number of aliphatic hydroxyl groups is 1. The molecule has 1 aromatic heterocycles. The fraction of sp³-hybridized carbons (Fsp3) is 0.211. The van der Waals surface area contributed by atoms with Crippen molar-refractivity contribution in [2.75, 3.05) is 13.2 Å². The van der Waals surface area contributed by atoms with Crippen LogP contribution < -0.4 is 10.6 Å². The van der Waals surface area contributed by atoms with Gasteiger partial charge in [-0.15, -0.1) is 0 Å². The fourth-order valence-corrected chi connectivity index (χ4v) is 2.81. The number of fused-ring (bicyclic) bond motifs is 1. The van der Waals surface area contributed by atoms with Gasteiger partial charge in [-0.2, -0.15) is 0 Å². The fourth-order valence-electron chi connectivity index (χ4n) is 2.81. The van der Waals surface area contributed by atoms with Crippen LogP contribution in [-0.2, 0) is 6.42 Å². The Morgan fingerprint density at radius 3 is 2.76 bits per heavy atom. The minimum atomic E-state index is -0.447. The van der Waals surface area contributed by atoms with Crippen molar-refractivity contribution in [3.05, 3.63) is 71.7 Å². The average Bonchev–Trinajstić information content (AvgIpc) is 3.02. The van der Waals surface area contributed by atoms with Gasteiger partial charge in [-0.3, -0.25) is 0 Å². The van der Waals surface area contributed by atoms with E-state index in [1.165, 1.54) is 12.1 Å². The molecule has 25 heavy (non-hydrogen) atoms. The van der Waals surface area contributed by atoms with Crippen molar-refractivity contribution in [1.82, 2.24) is 15.6 Å². The summed E-state index contributed by atoms with van der Waals surface area (Å²) in [5.41, 5.74) is 2.60. The summed E-state index contributed by atoms with van der Waals surface area (Å²) in [5.74, 6) is -0.283. The van der Waals surface area contributed by atoms with Gasteiger partial charge >= 0.3 is 6.03 Å². The maximum Gasteiger partial charge on any atom is 0.315 e. The normalized spacial score (nSPS) is 12.1. The van der Waals surface area contributed by atoms with Gasteiger partial charge in [-0.05, 0) is 35.7 Å². The van der Waals surface area contributed by atoms with Gasteiger partial charge in [0.15, 0.2) is 0 Å². The van der Waals surface area contributed by atoms with Crippen LogP contribution in [0.5, 0.6) is 0 Å². The number of hydrogen-bond acceptors (Lipinski definition) is 2. The lowest BCUT2D eigenvalue weighted by atomic mass is 10.1. The number of aromatic amines is 1. The van der Waals surface area contributed by atoms with Crippen LogP contribution >= 0.6 is 0 Å². The van der Waals surface area contributed by atoms with Crippen molar-refractivity contribution in [3.8, 4) is 0 Å². The number of carbonyl (C=O) groups is 1. The van der Waals surface area contributed by atoms with Crippen LogP contribution in [-0.4, -0.2) is 29.3 Å². The van der Waals surface area contributed by atoms with Crippen molar-refractivity contribution < 1.29 is 14.3 Å². The number of carbonyl (C=O) groups excluding carboxylic acids is 1. The summed E-state index contributed by atoms with van der Waals surface area (Å²) >= 11 is 0. The standard InChI is InChI=1S/C19H20FN3O2/c20-15-6-7-16-14(11-22-17(16)10-15)8-9-21-19(25)23-18(12-24)13-4-2-1-3-5-13/h1-7,10-11,18,22,24H,8-9,12H2,(H2,21,23,25). The number of halogens is 1. The second-order valence-corrected chi connectivity index (χ2v) is 5.80. The molecule has 4 N–H and O–H groups in total. The third kappa shape index (κ3) is 4.16. The van der Waals surface area contributed by atoms with Crippen molar-refractivity contribution in [2.45, 2.75) is 12.5 Å². The maximum atomic E-state index is 13.2. The second-order valence-electron chi connectivity index (χ2n) is 5.80. The summed E-state index contributed by atoms with van der Waals surface area (Å²) < 4.78 is 13.2. The highest BCUT2D eigenvalue weighted by molar-refractivity contribution is 5.83. The molecule has 1 atom stereocenters. The smallest absolute Gasteiger partial charge is 0.315 e. The number of hydrogen-bond donors (Lipinski definition) is 4. The van der Waals surface area contributed by atoms with Crippen molar-refractivity contribution >= 4 is 16.9 Å². The number of nitrogens with one attached hydrogen (secondary N) is 3. The lowest BCUT2D eigenvalue weighted by Crippen LogP contribution is -2.40. The Kier molecular flexibility index (Phi) is 5.30. The van der Waals surface area contributed by atoms with E-state index in [4.69, 9.17) is 0 Å². The molecule has 3 rings (SSSR count). The number of benzene rings is 2. The van der Waals surface area contributed by atoms with Crippen molar-refractivity contribution in [2.24, 2.45) is 0 Å². The zero-order chi connectivity index (χ0) is 17.6. The van der Waals surface area contributed by atoms with E-state index in [1.54, 1.807) is 6.07 Å². The van der Waals surface area contributed by atoms with E-state index in [1.807, 2.05) is 36.5 Å². The average molecular weight is 341 g/mol. The number of aromatic nitrogens is 1. The van der Waals surface area contributed by atoms with E-state index in [0.29, 0.717) is 13.0 Å². The molecule has 0 aliphatic carbocycles. The molecule has 0 spiro atoms. The van der Waals surface area contributed by atoms with Gasteiger partial charge in [-0.1, -0.05) is 30.3 Å². The van der Waals surface area contributed by atoms with E-state index in [2.05, 4.69) is 15.6 Å². The summed E-state index contributed by atoms with van der Waals surface area (Å²) in [6, 6.07) is 13.1. The van der Waals surface area contributed by atoms with E-state index < -0.39 is 6.04 Å². The maximum absolute atomic E-state index is 13.2. The van der Waals surface area contributed by atoms with E-state index >= 15 is 0 Å². The number of H-pyrrole nitrogens is 1. The lowest BCUT2D eigenvalue weighted by molar-refractivity contribution is 0.217. The van der Waals surface area contributed by atoms with Gasteiger partial charge in [0.05, 0.1) is 12.6 Å². The lowest BCUT2D eigenvalue weighted by Gasteiger charge is -2.17. The molecule has 0 saturated carbocycles. The van der Waals surface area contributed by atoms with Gasteiger partial charge in [-0.25, -0.2) is 9.18 Å². The van der Waals surface area contributed by atoms with Crippen LogP contribution in [0.4, 0.5) is 9.18 Å². The van der Waals surface area contributed by atoms with Gasteiger partial charge in [0, 0.05) is 23.6 Å². The third-order valence-corrected chi connectivity index (χ3v) is 4.10. The van der Waals surface area contributed by atoms with Gasteiger partial charge in [0.25, 0.3) is 0 Å². The summed E-state index contributed by atoms with van der Waals surface area (Å²) in [7, 11) is 0. The molecule has 0 fully saturated rings. The first-order chi connectivity index (χ1) is 12.2. The molecule has 130 valence electrons. The molecule has 2 amide bonds. The minimum absolute atomic E-state index is 0.175. The first-order valence-electron chi connectivity index (χ1n) is 8.13. The summed E-state index contributed by atoms with van der Waals surface area (Å²) in [5, 5.41) is 15.9. The van der Waals surface area contributed by atoms with Crippen LogP contribution in [0.15, 0.2) is 54.7 Å². The second kappa shape index (κ2) is 7.81. The molecule has 1 heterocycles. The molecule has 0 saturated heterocycles. The Hall–Kier alpha value is -2.86. The Balaban J connectivity index is 1.53. The molecule has 0 radical (unpaired) electrons. The van der Waals surface area contributed by atoms with E-state index in [9.17, 15) is 14.3 Å². The Morgan fingerprint density at radius 2 is 2.00 bits per heavy atom. The number of rotatable bonds is 6. The van der Waals surface area contributed by atoms with Crippen LogP contribution in [0, 0.1) is 5.82 Å². The number of urea groups is 1. The Bertz CT molecular complexity index is 848. The zero-order valence-electron chi connectivity index (χ0n) is 13.6. The van der Waals surface area contributed by atoms with Crippen LogP contribution in [0.2, 0.25) is 0 Å². The molecule has 2 aromatic carbocycles. The van der Waals surface area contributed by atoms with Crippen molar-refractivity contribution in [1.29, 1.82) is 0 Å². The van der Waals surface area contributed by atoms with Gasteiger partial charge in [0.1, 0.15) is 5.82 Å². The first-order valence-corrected chi connectivity index (χ1v) is 8.13. The predicted octanol–water partition coefficient (Wildman–Crippen LogP) is 2.88. The largest absolute Gasteiger partial charge is 0.394 e. The summed E-state index contributed by atoms with van der Waals surface area (Å²) in [6.45, 7) is 0.258. The molecule has 0 bridgehead atoms. The molecule has 5 nitrogen and oxygen atoms in total. The highest BCUT2D eigenvalue weighted by Crippen LogP contribution is 2.19. The molecule has 3 aromatic rings. The Labute approximate surface area is 144 Å². The van der Waals surface area contributed by atoms with E-state index in [0.717, 1.165) is 22.0 Å². The van der Waals surface area contributed by atoms with Gasteiger partial charge in [0.2, 0.25) is 0 Å². The predicted molar refractivity (Wildman–Crippen MR) is 94.8 cm³/mol. The number of aliphatic hydroxyl groups excluding tert-OH is 1. The molecule has 6 heteroatoms. The first kappa shape index (κ1) is 17.0. The topological polar surface area (TPSA) is 77.2 Å². The monoisotopic (exact) mass is 341 g/mol. The quantitative estimate of drug-likeness (QED) is 0.556. The molecular weight excluding hydrogens is 321 g/mol. The van der Waals surface area contributed by atoms with Crippen molar-refractivity contribution in [3.63, 3.8) is 0 Å². The highest BCUT2D eigenvalue weighted by Gasteiger charge is 2.13. The minimum Gasteiger partial charge on any atom is -0.394 e. The third-order valence-electron chi connectivity index (χ3n) is 4.10. The highest BCUT2D eigenvalue weighted by atomic mass is 19.1. The zero-order valence-corrected chi connectivity index (χ0v) is 13.6. The SMILES string of the molecule is O=C(NCCc1c[nH]c2cc(F)ccc12)NC(CO)c1ccccc1. The number of amides is 2. The summed E-state index contributed by atoms with van der Waals surface area (Å²) in [6.07, 6.45) is 2.44. The van der Waals surface area contributed by atoms with Gasteiger partial charge < -0.3 is 20.7 Å². The molecule has 0 aliphatic heterocycles. The molecule has 0 aliphatic rings. The Morgan fingerprint density at radius 1 is 1.20 bits per heavy atom. The molecular formula is C19H20FN3O2. The van der Waals surface area contributed by atoms with Crippen LogP contribution in [0.3, 0.4) is 0 Å². The van der Waals surface area contributed by atoms with E-state index in [-0.39, 0.29) is 18.5 Å². The summed E-state index contributed by atoms with van der Waals surface area (Å²) in [4.78, 5) is 15.1. The van der Waals surface area contributed by atoms with Crippen LogP contribution in [0.1, 0.15) is 17.2 Å². The molecule has 1 unspecified atom stereocenters.